The third kappa shape index (κ3) is 3.70. The van der Waals surface area contributed by atoms with E-state index in [2.05, 4.69) is 31.4 Å². The van der Waals surface area contributed by atoms with Crippen molar-refractivity contribution in [1.82, 2.24) is 24.7 Å². The Morgan fingerprint density at radius 2 is 2.15 bits per heavy atom. The SMILES string of the molecule is O=C(Nc1nccs1)C(=CC1CCCC1)c1ccc(-n2cncn2)nc1. The molecule has 26 heavy (non-hydrogen) atoms. The molecule has 132 valence electrons. The molecule has 1 N–H and O–H groups in total. The van der Waals surface area contributed by atoms with E-state index < -0.39 is 0 Å². The summed E-state index contributed by atoms with van der Waals surface area (Å²) in [6.45, 7) is 0. The van der Waals surface area contributed by atoms with Crippen LogP contribution in [0.2, 0.25) is 0 Å². The normalized spacial score (nSPS) is 15.3. The molecule has 0 aliphatic heterocycles. The van der Waals surface area contributed by atoms with Crippen LogP contribution in [0, 0.1) is 5.92 Å². The molecule has 0 spiro atoms. The zero-order chi connectivity index (χ0) is 17.8. The molecule has 1 amide bonds. The third-order valence-electron chi connectivity index (χ3n) is 4.41. The van der Waals surface area contributed by atoms with Crippen molar-refractivity contribution in [2.45, 2.75) is 25.7 Å². The molecular weight excluding hydrogens is 348 g/mol. The highest BCUT2D eigenvalue weighted by molar-refractivity contribution is 7.13. The second kappa shape index (κ2) is 7.57. The number of thiazole rings is 1. The molecule has 4 rings (SSSR count). The number of anilines is 1. The lowest BCUT2D eigenvalue weighted by atomic mass is 9.99. The van der Waals surface area contributed by atoms with Crippen LogP contribution in [-0.2, 0) is 4.79 Å². The second-order valence-electron chi connectivity index (χ2n) is 6.16. The smallest absolute Gasteiger partial charge is 0.257 e. The average Bonchev–Trinajstić information content (AvgIpc) is 3.42. The molecule has 0 unspecified atom stereocenters. The summed E-state index contributed by atoms with van der Waals surface area (Å²) in [5.74, 6) is 0.941. The minimum atomic E-state index is -0.151. The Balaban J connectivity index is 1.62. The van der Waals surface area contributed by atoms with Crippen molar-refractivity contribution in [3.05, 3.63) is 54.2 Å². The van der Waals surface area contributed by atoms with Crippen LogP contribution in [0.15, 0.2) is 48.6 Å². The molecule has 0 aromatic carbocycles. The number of allylic oxidation sites excluding steroid dienone is 1. The van der Waals surface area contributed by atoms with Gasteiger partial charge in [-0.1, -0.05) is 18.9 Å². The third-order valence-corrected chi connectivity index (χ3v) is 5.10. The number of pyridine rings is 1. The number of aromatic nitrogens is 5. The van der Waals surface area contributed by atoms with Gasteiger partial charge in [0.1, 0.15) is 12.7 Å². The molecule has 3 aromatic heterocycles. The number of carbonyl (C=O) groups excluding carboxylic acids is 1. The molecule has 0 bridgehead atoms. The lowest BCUT2D eigenvalue weighted by Gasteiger charge is -2.11. The fraction of sp³-hybridized carbons (Fsp3) is 0.278. The van der Waals surface area contributed by atoms with Crippen molar-refractivity contribution in [3.8, 4) is 5.82 Å². The van der Waals surface area contributed by atoms with Gasteiger partial charge in [0, 0.05) is 28.9 Å². The number of nitrogens with one attached hydrogen (secondary N) is 1. The van der Waals surface area contributed by atoms with Gasteiger partial charge in [-0.2, -0.15) is 5.10 Å². The Hall–Kier alpha value is -2.87. The van der Waals surface area contributed by atoms with Gasteiger partial charge < -0.3 is 0 Å². The molecule has 3 heterocycles. The summed E-state index contributed by atoms with van der Waals surface area (Å²) in [4.78, 5) is 25.3. The minimum Gasteiger partial charge on any atom is -0.298 e. The topological polar surface area (TPSA) is 85.6 Å². The summed E-state index contributed by atoms with van der Waals surface area (Å²) in [6, 6.07) is 3.73. The summed E-state index contributed by atoms with van der Waals surface area (Å²) in [6.07, 6.45) is 13.2. The Morgan fingerprint density at radius 1 is 1.27 bits per heavy atom. The zero-order valence-electron chi connectivity index (χ0n) is 14.1. The first-order valence-corrected chi connectivity index (χ1v) is 9.41. The number of carbonyl (C=O) groups is 1. The van der Waals surface area contributed by atoms with Crippen LogP contribution in [0.3, 0.4) is 0 Å². The molecule has 0 radical (unpaired) electrons. The van der Waals surface area contributed by atoms with Crippen molar-refractivity contribution >= 4 is 27.9 Å². The highest BCUT2D eigenvalue weighted by Crippen LogP contribution is 2.30. The summed E-state index contributed by atoms with van der Waals surface area (Å²) in [7, 11) is 0. The summed E-state index contributed by atoms with van der Waals surface area (Å²) >= 11 is 1.40. The van der Waals surface area contributed by atoms with Gasteiger partial charge in [-0.25, -0.2) is 19.6 Å². The van der Waals surface area contributed by atoms with Gasteiger partial charge in [0.05, 0.1) is 0 Å². The standard InChI is InChI=1S/C18H18N6OS/c25-17(23-18-20-7-8-26-18)15(9-13-3-1-2-4-13)14-5-6-16(21-10-14)24-12-19-11-22-24/h5-13H,1-4H2,(H,20,23,25). The maximum atomic E-state index is 12.8. The van der Waals surface area contributed by atoms with Crippen LogP contribution in [-0.4, -0.2) is 30.6 Å². The highest BCUT2D eigenvalue weighted by atomic mass is 32.1. The first-order valence-electron chi connectivity index (χ1n) is 8.54. The van der Waals surface area contributed by atoms with Crippen molar-refractivity contribution in [3.63, 3.8) is 0 Å². The van der Waals surface area contributed by atoms with E-state index in [4.69, 9.17) is 0 Å². The zero-order valence-corrected chi connectivity index (χ0v) is 14.9. The number of rotatable bonds is 5. The number of hydrogen-bond donors (Lipinski definition) is 1. The molecule has 1 saturated carbocycles. The first kappa shape index (κ1) is 16.6. The Bertz CT molecular complexity index is 880. The van der Waals surface area contributed by atoms with E-state index >= 15 is 0 Å². The Labute approximate surface area is 154 Å². The fourth-order valence-electron chi connectivity index (χ4n) is 3.12. The van der Waals surface area contributed by atoms with Gasteiger partial charge in [0.15, 0.2) is 10.9 Å². The Kier molecular flexibility index (Phi) is 4.83. The van der Waals surface area contributed by atoms with E-state index in [1.165, 1.54) is 30.5 Å². The van der Waals surface area contributed by atoms with E-state index in [0.29, 0.717) is 22.4 Å². The lowest BCUT2D eigenvalue weighted by Crippen LogP contribution is -2.15. The van der Waals surface area contributed by atoms with Crippen LogP contribution in [0.1, 0.15) is 31.2 Å². The van der Waals surface area contributed by atoms with Crippen LogP contribution in [0.25, 0.3) is 11.4 Å². The van der Waals surface area contributed by atoms with Gasteiger partial charge >= 0.3 is 0 Å². The molecule has 1 aliphatic carbocycles. The number of amides is 1. The van der Waals surface area contributed by atoms with E-state index in [-0.39, 0.29) is 5.91 Å². The first-order chi connectivity index (χ1) is 12.8. The molecule has 7 nitrogen and oxygen atoms in total. The average molecular weight is 366 g/mol. The van der Waals surface area contributed by atoms with E-state index in [9.17, 15) is 4.79 Å². The summed E-state index contributed by atoms with van der Waals surface area (Å²) in [5, 5.41) is 9.39. The fourth-order valence-corrected chi connectivity index (χ4v) is 3.64. The van der Waals surface area contributed by atoms with Crippen LogP contribution in [0.4, 0.5) is 5.13 Å². The summed E-state index contributed by atoms with van der Waals surface area (Å²) in [5.41, 5.74) is 1.43. The monoisotopic (exact) mass is 366 g/mol. The molecular formula is C18H18N6OS. The van der Waals surface area contributed by atoms with E-state index in [0.717, 1.165) is 18.4 Å². The maximum Gasteiger partial charge on any atom is 0.257 e. The quantitative estimate of drug-likeness (QED) is 0.700. The molecule has 0 saturated heterocycles. The maximum absolute atomic E-state index is 12.8. The lowest BCUT2D eigenvalue weighted by molar-refractivity contribution is -0.111. The largest absolute Gasteiger partial charge is 0.298 e. The summed E-state index contributed by atoms with van der Waals surface area (Å²) < 4.78 is 1.58. The van der Waals surface area contributed by atoms with Crippen molar-refractivity contribution < 1.29 is 4.79 Å². The Morgan fingerprint density at radius 3 is 2.81 bits per heavy atom. The molecule has 0 atom stereocenters. The minimum absolute atomic E-state index is 0.151. The van der Waals surface area contributed by atoms with Crippen molar-refractivity contribution in [1.29, 1.82) is 0 Å². The van der Waals surface area contributed by atoms with Crippen molar-refractivity contribution in [2.24, 2.45) is 5.92 Å². The van der Waals surface area contributed by atoms with Gasteiger partial charge in [0.2, 0.25) is 0 Å². The van der Waals surface area contributed by atoms with E-state index in [1.807, 2.05) is 17.5 Å². The van der Waals surface area contributed by atoms with E-state index in [1.54, 1.807) is 23.4 Å². The van der Waals surface area contributed by atoms with Gasteiger partial charge in [-0.15, -0.1) is 11.3 Å². The van der Waals surface area contributed by atoms with Gasteiger partial charge in [0.25, 0.3) is 5.91 Å². The molecule has 3 aromatic rings. The number of hydrogen-bond acceptors (Lipinski definition) is 6. The predicted molar refractivity (Wildman–Crippen MR) is 99.8 cm³/mol. The van der Waals surface area contributed by atoms with Gasteiger partial charge in [-0.05, 0) is 30.9 Å². The number of nitrogens with zero attached hydrogens (tertiary/aromatic N) is 5. The molecule has 8 heteroatoms. The van der Waals surface area contributed by atoms with Crippen molar-refractivity contribution in [2.75, 3.05) is 5.32 Å². The highest BCUT2D eigenvalue weighted by Gasteiger charge is 2.19. The van der Waals surface area contributed by atoms with Gasteiger partial charge in [-0.3, -0.25) is 10.1 Å². The van der Waals surface area contributed by atoms with Crippen LogP contribution >= 0.6 is 11.3 Å². The predicted octanol–water partition coefficient (Wildman–Crippen LogP) is 3.33. The second-order valence-corrected chi connectivity index (χ2v) is 7.06. The molecule has 1 aliphatic rings. The van der Waals surface area contributed by atoms with Crippen LogP contribution < -0.4 is 5.32 Å². The van der Waals surface area contributed by atoms with Crippen LogP contribution in [0.5, 0.6) is 0 Å². The molecule has 1 fully saturated rings.